The Morgan fingerprint density at radius 3 is 2.33 bits per heavy atom. The number of hydrogen-bond donors (Lipinski definition) is 2. The van der Waals surface area contributed by atoms with Gasteiger partial charge in [0.05, 0.1) is 13.2 Å². The Kier molecular flexibility index (Phi) is 3.77. The molecule has 0 amide bonds. The van der Waals surface area contributed by atoms with Crippen LogP contribution in [-0.4, -0.2) is 18.3 Å². The fourth-order valence-electron chi connectivity index (χ4n) is 0.461. The Bertz CT molecular complexity index is 71.5. The van der Waals surface area contributed by atoms with Gasteiger partial charge >= 0.3 is 0 Å². The highest BCUT2D eigenvalue weighted by molar-refractivity contribution is 4.69. The minimum Gasteiger partial charge on any atom is -0.396 e. The molecule has 0 spiro atoms. The summed E-state index contributed by atoms with van der Waals surface area (Å²) in [5, 5.41) is 8.78. The van der Waals surface area contributed by atoms with Crippen LogP contribution >= 0.6 is 0 Å². The highest BCUT2D eigenvalue weighted by atomic mass is 16.6. The van der Waals surface area contributed by atoms with Crippen LogP contribution in [0.15, 0.2) is 0 Å². The van der Waals surface area contributed by atoms with Crippen molar-refractivity contribution in [1.29, 1.82) is 0 Å². The van der Waals surface area contributed by atoms with Crippen LogP contribution in [0.1, 0.15) is 20.3 Å². The van der Waals surface area contributed by atoms with E-state index in [1.807, 2.05) is 13.8 Å². The van der Waals surface area contributed by atoms with Crippen molar-refractivity contribution in [3.8, 4) is 0 Å². The maximum absolute atomic E-state index is 8.78. The van der Waals surface area contributed by atoms with Crippen molar-refractivity contribution in [3.63, 3.8) is 0 Å². The Morgan fingerprint density at radius 1 is 1.67 bits per heavy atom. The standard InChI is InChI=1S/C6H15NO2/c1-3-6(2,4-8)5-9-7/h8H,3-5,7H2,1-2H3. The summed E-state index contributed by atoms with van der Waals surface area (Å²) in [6, 6.07) is 0. The van der Waals surface area contributed by atoms with Crippen molar-refractivity contribution in [2.24, 2.45) is 11.3 Å². The number of hydrogen-bond acceptors (Lipinski definition) is 3. The minimum atomic E-state index is -0.158. The maximum Gasteiger partial charge on any atom is 0.0754 e. The zero-order chi connectivity index (χ0) is 7.33. The zero-order valence-corrected chi connectivity index (χ0v) is 6.05. The van der Waals surface area contributed by atoms with E-state index in [1.165, 1.54) is 0 Å². The normalized spacial score (nSPS) is 17.3. The second kappa shape index (κ2) is 3.82. The first kappa shape index (κ1) is 8.88. The average Bonchev–Trinajstić information content (AvgIpc) is 1.89. The predicted molar refractivity (Wildman–Crippen MR) is 35.6 cm³/mol. The number of aliphatic hydroxyl groups excluding tert-OH is 1. The van der Waals surface area contributed by atoms with E-state index in [4.69, 9.17) is 11.0 Å². The molecule has 3 heteroatoms. The van der Waals surface area contributed by atoms with Gasteiger partial charge in [-0.15, -0.1) is 0 Å². The quantitative estimate of drug-likeness (QED) is 0.542. The van der Waals surface area contributed by atoms with E-state index in [9.17, 15) is 0 Å². The molecule has 0 saturated heterocycles. The molecule has 0 aliphatic heterocycles. The fourth-order valence-corrected chi connectivity index (χ4v) is 0.461. The topological polar surface area (TPSA) is 55.5 Å². The molecule has 0 aliphatic rings. The third-order valence-corrected chi connectivity index (χ3v) is 1.67. The maximum atomic E-state index is 8.78. The Labute approximate surface area is 55.8 Å². The summed E-state index contributed by atoms with van der Waals surface area (Å²) in [5.74, 6) is 4.85. The molecule has 3 N–H and O–H groups in total. The minimum absolute atomic E-state index is 0.126. The molecule has 0 bridgehead atoms. The van der Waals surface area contributed by atoms with Crippen molar-refractivity contribution in [3.05, 3.63) is 0 Å². The monoisotopic (exact) mass is 133 g/mol. The van der Waals surface area contributed by atoms with Crippen molar-refractivity contribution < 1.29 is 9.94 Å². The molecule has 0 saturated carbocycles. The molecule has 0 aromatic rings. The van der Waals surface area contributed by atoms with Gasteiger partial charge in [-0.25, -0.2) is 5.90 Å². The van der Waals surface area contributed by atoms with Gasteiger partial charge in [-0.1, -0.05) is 13.8 Å². The zero-order valence-electron chi connectivity index (χ0n) is 6.05. The average molecular weight is 133 g/mol. The van der Waals surface area contributed by atoms with Crippen molar-refractivity contribution in [2.45, 2.75) is 20.3 Å². The van der Waals surface area contributed by atoms with E-state index in [-0.39, 0.29) is 12.0 Å². The van der Waals surface area contributed by atoms with Crippen LogP contribution in [0, 0.1) is 5.41 Å². The molecular formula is C6H15NO2. The number of aliphatic hydroxyl groups is 1. The second-order valence-corrected chi connectivity index (χ2v) is 2.63. The molecular weight excluding hydrogens is 118 g/mol. The van der Waals surface area contributed by atoms with Gasteiger partial charge in [0.1, 0.15) is 0 Å². The third kappa shape index (κ3) is 2.79. The van der Waals surface area contributed by atoms with Crippen LogP contribution in [0.5, 0.6) is 0 Å². The fraction of sp³-hybridized carbons (Fsp3) is 1.00. The lowest BCUT2D eigenvalue weighted by atomic mass is 9.90. The molecule has 0 aromatic carbocycles. The Balaban J connectivity index is 3.62. The van der Waals surface area contributed by atoms with E-state index in [1.54, 1.807) is 0 Å². The molecule has 1 atom stereocenters. The van der Waals surface area contributed by atoms with Crippen LogP contribution in [-0.2, 0) is 4.84 Å². The molecule has 1 unspecified atom stereocenters. The Morgan fingerprint density at radius 2 is 2.22 bits per heavy atom. The smallest absolute Gasteiger partial charge is 0.0754 e. The SMILES string of the molecule is CCC(C)(CO)CON. The lowest BCUT2D eigenvalue weighted by Gasteiger charge is -2.23. The van der Waals surface area contributed by atoms with Crippen LogP contribution in [0.25, 0.3) is 0 Å². The molecule has 0 aliphatic carbocycles. The summed E-state index contributed by atoms with van der Waals surface area (Å²) in [6.45, 7) is 4.47. The van der Waals surface area contributed by atoms with E-state index in [0.717, 1.165) is 6.42 Å². The highest BCUT2D eigenvalue weighted by Crippen LogP contribution is 2.18. The molecule has 9 heavy (non-hydrogen) atoms. The molecule has 0 heterocycles. The van der Waals surface area contributed by atoms with Crippen molar-refractivity contribution in [1.82, 2.24) is 0 Å². The molecule has 0 aromatic heterocycles. The highest BCUT2D eigenvalue weighted by Gasteiger charge is 2.20. The van der Waals surface area contributed by atoms with Gasteiger partial charge in [0.2, 0.25) is 0 Å². The van der Waals surface area contributed by atoms with E-state index < -0.39 is 0 Å². The van der Waals surface area contributed by atoms with E-state index in [0.29, 0.717) is 6.61 Å². The summed E-state index contributed by atoms with van der Waals surface area (Å²) in [4.78, 5) is 4.43. The van der Waals surface area contributed by atoms with Gasteiger partial charge in [0.15, 0.2) is 0 Å². The number of rotatable bonds is 4. The summed E-state index contributed by atoms with van der Waals surface area (Å²) < 4.78 is 0. The lowest BCUT2D eigenvalue weighted by molar-refractivity contribution is 0.0144. The first-order chi connectivity index (χ1) is 4.18. The van der Waals surface area contributed by atoms with Gasteiger partial charge < -0.3 is 9.94 Å². The van der Waals surface area contributed by atoms with Crippen LogP contribution < -0.4 is 5.90 Å². The molecule has 0 rings (SSSR count). The van der Waals surface area contributed by atoms with Crippen LogP contribution in [0.4, 0.5) is 0 Å². The van der Waals surface area contributed by atoms with Gasteiger partial charge in [-0.05, 0) is 6.42 Å². The van der Waals surface area contributed by atoms with Crippen LogP contribution in [0.3, 0.4) is 0 Å². The van der Waals surface area contributed by atoms with Gasteiger partial charge in [0.25, 0.3) is 0 Å². The largest absolute Gasteiger partial charge is 0.396 e. The van der Waals surface area contributed by atoms with E-state index >= 15 is 0 Å². The molecule has 0 fully saturated rings. The van der Waals surface area contributed by atoms with Crippen LogP contribution in [0.2, 0.25) is 0 Å². The summed E-state index contributed by atoms with van der Waals surface area (Å²) in [6.07, 6.45) is 0.876. The van der Waals surface area contributed by atoms with E-state index in [2.05, 4.69) is 4.84 Å². The summed E-state index contributed by atoms with van der Waals surface area (Å²) in [7, 11) is 0. The first-order valence-corrected chi connectivity index (χ1v) is 3.11. The molecule has 0 radical (unpaired) electrons. The number of nitrogens with two attached hydrogens (primary N) is 1. The third-order valence-electron chi connectivity index (χ3n) is 1.67. The summed E-state index contributed by atoms with van der Waals surface area (Å²) >= 11 is 0. The Hall–Kier alpha value is -0.120. The van der Waals surface area contributed by atoms with Gasteiger partial charge in [-0.2, -0.15) is 0 Å². The van der Waals surface area contributed by atoms with Crippen molar-refractivity contribution >= 4 is 0 Å². The lowest BCUT2D eigenvalue weighted by Crippen LogP contribution is -2.28. The predicted octanol–water partition coefficient (Wildman–Crippen LogP) is 0.285. The van der Waals surface area contributed by atoms with Gasteiger partial charge in [0, 0.05) is 5.41 Å². The molecule has 56 valence electrons. The molecule has 3 nitrogen and oxygen atoms in total. The first-order valence-electron chi connectivity index (χ1n) is 3.11. The summed E-state index contributed by atoms with van der Waals surface area (Å²) in [5.41, 5.74) is -0.158. The second-order valence-electron chi connectivity index (χ2n) is 2.63. The van der Waals surface area contributed by atoms with Crippen molar-refractivity contribution in [2.75, 3.05) is 13.2 Å². The van der Waals surface area contributed by atoms with Gasteiger partial charge in [-0.3, -0.25) is 0 Å².